The summed E-state index contributed by atoms with van der Waals surface area (Å²) in [7, 11) is 6.15. The fourth-order valence-electron chi connectivity index (χ4n) is 10.6. The lowest BCUT2D eigenvalue weighted by Crippen LogP contribution is -2.60. The molecule has 0 spiro atoms. The summed E-state index contributed by atoms with van der Waals surface area (Å²) in [5.41, 5.74) is 0.816. The van der Waals surface area contributed by atoms with Gasteiger partial charge in [-0.05, 0) is 99.5 Å². The lowest BCUT2D eigenvalue weighted by Gasteiger charge is -2.41. The standard InChI is InChI=1S/C58H88N6O13/c1-14-37(6)49(45(74-12)33-46(65)64-32-20-24-44(64)51(75-13)38(7)52(67)59-39(8)50(66)41-21-16-15-17-22-41)62(10)54(69)47(35(2)3)61-53(68)48(36(4)5)63(11)57(73)76-34-40-25-27-42(28-26-40)60-56(72)77-43-23-18-19-30-58(9,31-29-43)55(70)71/h15-18,21-23,25-28,35-39,43-45,47-51,66H,14,19-20,24,29-34H2,1-13H3,(H,59,67)(H,60,72)(H,61,68)(H,70,71)/b23-18+/t37-,38+,39+,43-,44-,45+,47-,48-,49-,50+,51+,58+/m0/s1. The molecule has 1 saturated heterocycles. The van der Waals surface area contributed by atoms with Crippen LogP contribution in [-0.2, 0) is 49.5 Å². The molecule has 0 aromatic heterocycles. The van der Waals surface area contributed by atoms with E-state index in [1.54, 1.807) is 93.9 Å². The number of likely N-dealkylation sites (tertiary alicyclic amines) is 1. The van der Waals surface area contributed by atoms with Crippen LogP contribution in [0, 0.1) is 29.1 Å². The number of aliphatic hydroxyl groups is 1. The molecule has 2 aliphatic rings. The Labute approximate surface area is 456 Å². The number of carbonyl (C=O) groups excluding carboxylic acids is 6. The van der Waals surface area contributed by atoms with Gasteiger partial charge < -0.3 is 49.6 Å². The zero-order valence-corrected chi connectivity index (χ0v) is 47.7. The van der Waals surface area contributed by atoms with Gasteiger partial charge >= 0.3 is 18.2 Å². The molecule has 0 radical (unpaired) electrons. The van der Waals surface area contributed by atoms with Crippen molar-refractivity contribution >= 4 is 47.5 Å². The summed E-state index contributed by atoms with van der Waals surface area (Å²) in [4.78, 5) is 99.6. The van der Waals surface area contributed by atoms with E-state index in [0.717, 1.165) is 0 Å². The predicted molar refractivity (Wildman–Crippen MR) is 292 cm³/mol. The molecular formula is C58H88N6O13. The van der Waals surface area contributed by atoms with Crippen molar-refractivity contribution < 1.29 is 62.7 Å². The fourth-order valence-corrected chi connectivity index (χ4v) is 10.6. The van der Waals surface area contributed by atoms with E-state index in [0.29, 0.717) is 68.3 Å². The highest BCUT2D eigenvalue weighted by atomic mass is 16.6. The van der Waals surface area contributed by atoms with Gasteiger partial charge in [-0.2, -0.15) is 0 Å². The number of hydrogen-bond acceptors (Lipinski definition) is 12. The molecule has 19 nitrogen and oxygen atoms in total. The number of hydrogen-bond donors (Lipinski definition) is 5. The number of carboxylic acids is 1. The Kier molecular flexibility index (Phi) is 24.4. The number of aliphatic hydroxyl groups excluding tert-OH is 1. The minimum absolute atomic E-state index is 0.0650. The number of nitrogens with one attached hydrogen (secondary N) is 3. The summed E-state index contributed by atoms with van der Waals surface area (Å²) in [6.07, 6.45) is 2.94. The number of ether oxygens (including phenoxy) is 4. The number of likely N-dealkylation sites (N-methyl/N-ethyl adjacent to an activating group) is 2. The average Bonchev–Trinajstić information content (AvgIpc) is 3.88. The minimum atomic E-state index is -1.03. The molecule has 0 saturated carbocycles. The van der Waals surface area contributed by atoms with Gasteiger partial charge in [-0.15, -0.1) is 0 Å². The summed E-state index contributed by atoms with van der Waals surface area (Å²) in [5.74, 6) is -3.92. The molecule has 0 unspecified atom stereocenters. The molecule has 12 atom stereocenters. The SMILES string of the molecule is CC[C@H](C)[C@@H]([C@@H](CC(=O)N1CCC[C@H]1[C@H](OC)[C@@H](C)C(=O)N[C@H](C)[C@@H](O)c1ccccc1)OC)N(C)C(=O)[C@@H](NC(=O)[C@H](C(C)C)N(C)C(=O)OCc1ccc(NC(=O)O[C@H]2/C=C/CC[C@@](C)(C(=O)O)CC2)cc1)C(C)C. The third-order valence-electron chi connectivity index (χ3n) is 15.6. The molecule has 1 aliphatic carbocycles. The number of carboxylic acid groups (broad SMARTS) is 1. The van der Waals surface area contributed by atoms with Gasteiger partial charge in [0.1, 0.15) is 24.8 Å². The van der Waals surface area contributed by atoms with Crippen molar-refractivity contribution in [2.45, 2.75) is 175 Å². The van der Waals surface area contributed by atoms with Crippen LogP contribution < -0.4 is 16.0 Å². The lowest BCUT2D eigenvalue weighted by molar-refractivity contribution is -0.149. The highest BCUT2D eigenvalue weighted by Crippen LogP contribution is 2.34. The minimum Gasteiger partial charge on any atom is -0.481 e. The Balaban J connectivity index is 1.38. The molecule has 1 fully saturated rings. The van der Waals surface area contributed by atoms with E-state index >= 15 is 0 Å². The van der Waals surface area contributed by atoms with Crippen LogP contribution in [0.1, 0.15) is 131 Å². The van der Waals surface area contributed by atoms with Crippen molar-refractivity contribution in [3.05, 3.63) is 77.9 Å². The highest BCUT2D eigenvalue weighted by molar-refractivity contribution is 5.92. The maximum atomic E-state index is 14.7. The van der Waals surface area contributed by atoms with E-state index in [-0.39, 0.29) is 36.7 Å². The molecule has 2 aromatic carbocycles. The van der Waals surface area contributed by atoms with E-state index in [1.165, 1.54) is 26.2 Å². The molecule has 2 aromatic rings. The van der Waals surface area contributed by atoms with Gasteiger partial charge in [0.05, 0.1) is 54.2 Å². The van der Waals surface area contributed by atoms with E-state index < -0.39 is 102 Å². The van der Waals surface area contributed by atoms with Crippen molar-refractivity contribution in [3.63, 3.8) is 0 Å². The Bertz CT molecular complexity index is 2300. The van der Waals surface area contributed by atoms with Crippen LogP contribution in [0.4, 0.5) is 15.3 Å². The smallest absolute Gasteiger partial charge is 0.412 e. The van der Waals surface area contributed by atoms with Crippen LogP contribution in [-0.4, -0.2) is 150 Å². The molecular weight excluding hydrogens is 989 g/mol. The van der Waals surface area contributed by atoms with Crippen molar-refractivity contribution in [1.82, 2.24) is 25.3 Å². The number of benzene rings is 2. The molecule has 1 heterocycles. The summed E-state index contributed by atoms with van der Waals surface area (Å²) in [6, 6.07) is 12.1. The summed E-state index contributed by atoms with van der Waals surface area (Å²) < 4.78 is 23.2. The van der Waals surface area contributed by atoms with Crippen molar-refractivity contribution in [1.29, 1.82) is 0 Å². The number of anilines is 1. The zero-order chi connectivity index (χ0) is 57.3. The van der Waals surface area contributed by atoms with E-state index in [1.807, 2.05) is 52.0 Å². The van der Waals surface area contributed by atoms with Crippen LogP contribution in [0.15, 0.2) is 66.7 Å². The normalized spacial score (nSPS) is 21.6. The predicted octanol–water partition coefficient (Wildman–Crippen LogP) is 7.72. The first kappa shape index (κ1) is 63.5. The van der Waals surface area contributed by atoms with Gasteiger partial charge in [-0.3, -0.25) is 34.2 Å². The molecule has 4 rings (SSSR count). The van der Waals surface area contributed by atoms with E-state index in [4.69, 9.17) is 18.9 Å². The molecule has 5 N–H and O–H groups in total. The van der Waals surface area contributed by atoms with E-state index in [9.17, 15) is 43.8 Å². The number of aliphatic carboxylic acids is 1. The first-order valence-electron chi connectivity index (χ1n) is 27.2. The third kappa shape index (κ3) is 17.2. The molecule has 6 amide bonds. The molecule has 0 bridgehead atoms. The lowest BCUT2D eigenvalue weighted by atomic mass is 9.79. The van der Waals surface area contributed by atoms with Crippen LogP contribution in [0.2, 0.25) is 0 Å². The second-order valence-electron chi connectivity index (χ2n) is 22.0. The summed E-state index contributed by atoms with van der Waals surface area (Å²) >= 11 is 0. The quantitative estimate of drug-likeness (QED) is 0.0599. The Hall–Kier alpha value is -6.05. The highest BCUT2D eigenvalue weighted by Gasteiger charge is 2.44. The Morgan fingerprint density at radius 2 is 1.49 bits per heavy atom. The molecule has 77 heavy (non-hydrogen) atoms. The second-order valence-corrected chi connectivity index (χ2v) is 22.0. The first-order valence-corrected chi connectivity index (χ1v) is 27.2. The number of nitrogens with zero attached hydrogens (tertiary/aromatic N) is 3. The number of amides is 6. The van der Waals surface area contributed by atoms with Crippen molar-refractivity contribution in [3.8, 4) is 0 Å². The van der Waals surface area contributed by atoms with Gasteiger partial charge in [-0.1, -0.05) is 103 Å². The topological polar surface area (TPSA) is 243 Å². The van der Waals surface area contributed by atoms with Crippen molar-refractivity contribution in [2.24, 2.45) is 29.1 Å². The fraction of sp³-hybridized carbons (Fsp3) is 0.638. The molecule has 428 valence electrons. The number of allylic oxidation sites excluding steroid dienone is 1. The van der Waals surface area contributed by atoms with Crippen LogP contribution in [0.3, 0.4) is 0 Å². The Morgan fingerprint density at radius 3 is 2.08 bits per heavy atom. The largest absolute Gasteiger partial charge is 0.481 e. The maximum absolute atomic E-state index is 14.7. The molecule has 1 aliphatic heterocycles. The third-order valence-corrected chi connectivity index (χ3v) is 15.6. The van der Waals surface area contributed by atoms with Crippen molar-refractivity contribution in [2.75, 3.05) is 40.2 Å². The number of rotatable bonds is 25. The summed E-state index contributed by atoms with van der Waals surface area (Å²) in [6.45, 7) is 16.7. The summed E-state index contributed by atoms with van der Waals surface area (Å²) in [5, 5.41) is 29.2. The van der Waals surface area contributed by atoms with Gasteiger partial charge in [0, 0.05) is 40.5 Å². The maximum Gasteiger partial charge on any atom is 0.412 e. The van der Waals surface area contributed by atoms with Crippen LogP contribution in [0.5, 0.6) is 0 Å². The Morgan fingerprint density at radius 1 is 0.831 bits per heavy atom. The van der Waals surface area contributed by atoms with E-state index in [2.05, 4.69) is 16.0 Å². The zero-order valence-electron chi connectivity index (χ0n) is 47.7. The van der Waals surface area contributed by atoms with Gasteiger partial charge in [-0.25, -0.2) is 9.59 Å². The van der Waals surface area contributed by atoms with Gasteiger partial charge in [0.25, 0.3) is 0 Å². The second kappa shape index (κ2) is 29.6. The monoisotopic (exact) mass is 1080 g/mol. The molecule has 19 heteroatoms. The first-order chi connectivity index (χ1) is 36.4. The van der Waals surface area contributed by atoms with Gasteiger partial charge in [0.2, 0.25) is 23.6 Å². The number of methoxy groups -OCH3 is 2. The van der Waals surface area contributed by atoms with Gasteiger partial charge in [0.15, 0.2) is 0 Å². The van der Waals surface area contributed by atoms with Crippen LogP contribution in [0.25, 0.3) is 0 Å². The number of carbonyl (C=O) groups is 7. The van der Waals surface area contributed by atoms with Crippen LogP contribution >= 0.6 is 0 Å². The average molecular weight is 1080 g/mol.